The Morgan fingerprint density at radius 2 is 1.45 bits per heavy atom. The molecular weight excluding hydrogens is 448 g/mol. The monoisotopic (exact) mass is 467 g/mol. The van der Waals surface area contributed by atoms with Crippen LogP contribution in [0, 0.1) is 6.92 Å². The predicted octanol–water partition coefficient (Wildman–Crippen LogP) is 6.46. The molecule has 0 radical (unpaired) electrons. The minimum absolute atomic E-state index is 0.0700. The molecule has 3 rings (SSSR count). The van der Waals surface area contributed by atoms with Gasteiger partial charge in [-0.2, -0.15) is 26.3 Å². The highest BCUT2D eigenvalue weighted by Crippen LogP contribution is 2.36. The van der Waals surface area contributed by atoms with Crippen molar-refractivity contribution in [1.29, 1.82) is 0 Å². The fourth-order valence-corrected chi connectivity index (χ4v) is 3.13. The Morgan fingerprint density at radius 1 is 0.848 bits per heavy atom. The van der Waals surface area contributed by atoms with E-state index < -0.39 is 29.5 Å². The molecule has 2 aromatic carbocycles. The number of pyridine rings is 1. The molecule has 0 atom stereocenters. The number of carbonyl (C=O) groups is 1. The number of carbonyl (C=O) groups excluding carboxylic acids is 1. The third kappa shape index (κ3) is 6.71. The lowest BCUT2D eigenvalue weighted by molar-refractivity contribution is -0.143. The van der Waals surface area contributed by atoms with E-state index in [0.29, 0.717) is 17.8 Å². The molecule has 0 aliphatic carbocycles. The highest BCUT2D eigenvalue weighted by Gasteiger charge is 2.36. The average Bonchev–Trinajstić information content (AvgIpc) is 2.73. The number of aryl methyl sites for hydroxylation is 1. The van der Waals surface area contributed by atoms with Gasteiger partial charge in [-0.05, 0) is 72.5 Å². The lowest BCUT2D eigenvalue weighted by Gasteiger charge is -2.14. The van der Waals surface area contributed by atoms with Gasteiger partial charge >= 0.3 is 18.4 Å². The summed E-state index contributed by atoms with van der Waals surface area (Å²) in [6.07, 6.45) is -8.35. The van der Waals surface area contributed by atoms with Crippen molar-refractivity contribution in [3.63, 3.8) is 0 Å². The molecule has 0 saturated heterocycles. The molecule has 0 spiro atoms. The number of hydrogen-bond acceptors (Lipinski definition) is 2. The molecule has 1 aromatic heterocycles. The highest BCUT2D eigenvalue weighted by molar-refractivity contribution is 5.89. The molecular formula is C23H19F6N3O. The van der Waals surface area contributed by atoms with Crippen LogP contribution in [0.25, 0.3) is 11.1 Å². The zero-order chi connectivity index (χ0) is 24.2. The number of anilines is 1. The van der Waals surface area contributed by atoms with Gasteiger partial charge in [0.1, 0.15) is 0 Å². The molecule has 10 heteroatoms. The number of aromatic nitrogens is 1. The highest BCUT2D eigenvalue weighted by atomic mass is 19.4. The van der Waals surface area contributed by atoms with Crippen LogP contribution in [-0.2, 0) is 18.8 Å². The summed E-state index contributed by atoms with van der Waals surface area (Å²) in [5, 5.41) is 5.00. The number of hydrogen-bond donors (Lipinski definition) is 2. The van der Waals surface area contributed by atoms with Crippen molar-refractivity contribution in [2.24, 2.45) is 0 Å². The predicted molar refractivity (Wildman–Crippen MR) is 112 cm³/mol. The van der Waals surface area contributed by atoms with Crippen LogP contribution in [0.5, 0.6) is 0 Å². The normalized spacial score (nSPS) is 11.8. The lowest BCUT2D eigenvalue weighted by atomic mass is 10.0. The van der Waals surface area contributed by atoms with Gasteiger partial charge in [-0.15, -0.1) is 0 Å². The number of nitrogens with zero attached hydrogens (tertiary/aromatic N) is 1. The first-order valence-corrected chi connectivity index (χ1v) is 9.78. The Bertz CT molecular complexity index is 1090. The molecule has 0 bridgehead atoms. The summed E-state index contributed by atoms with van der Waals surface area (Å²) >= 11 is 0. The molecule has 2 N–H and O–H groups in total. The number of amides is 2. The molecule has 0 aliphatic heterocycles. The third-order valence-corrected chi connectivity index (χ3v) is 4.72. The van der Waals surface area contributed by atoms with Crippen LogP contribution in [0.3, 0.4) is 0 Å². The van der Waals surface area contributed by atoms with Crippen LogP contribution in [-0.4, -0.2) is 17.6 Å². The zero-order valence-electron chi connectivity index (χ0n) is 17.3. The van der Waals surface area contributed by atoms with E-state index in [1.54, 1.807) is 30.5 Å². The first kappa shape index (κ1) is 24.1. The quantitative estimate of drug-likeness (QED) is 0.423. The van der Waals surface area contributed by atoms with Crippen LogP contribution in [0.15, 0.2) is 60.8 Å². The number of alkyl halides is 6. The lowest BCUT2D eigenvalue weighted by Crippen LogP contribution is -2.30. The number of nitrogens with one attached hydrogen (secondary N) is 2. The molecule has 3 aromatic rings. The van der Waals surface area contributed by atoms with Gasteiger partial charge in [0.15, 0.2) is 0 Å². The van der Waals surface area contributed by atoms with Gasteiger partial charge in [-0.3, -0.25) is 4.98 Å². The van der Waals surface area contributed by atoms with Gasteiger partial charge in [0.05, 0.1) is 11.1 Å². The second-order valence-electron chi connectivity index (χ2n) is 7.31. The number of benzene rings is 2. The van der Waals surface area contributed by atoms with Crippen molar-refractivity contribution in [3.05, 3.63) is 83.2 Å². The fourth-order valence-electron chi connectivity index (χ4n) is 3.13. The Morgan fingerprint density at radius 3 is 2.00 bits per heavy atom. The second kappa shape index (κ2) is 9.51. The van der Waals surface area contributed by atoms with Crippen molar-refractivity contribution >= 4 is 11.7 Å². The van der Waals surface area contributed by atoms with Gasteiger partial charge in [-0.1, -0.05) is 12.1 Å². The van der Waals surface area contributed by atoms with E-state index in [-0.39, 0.29) is 24.6 Å². The van der Waals surface area contributed by atoms with Crippen LogP contribution in [0.1, 0.15) is 22.4 Å². The summed E-state index contributed by atoms with van der Waals surface area (Å²) in [5.74, 6) is 0. The Balaban J connectivity index is 1.59. The first-order chi connectivity index (χ1) is 15.4. The van der Waals surface area contributed by atoms with Crippen molar-refractivity contribution in [3.8, 4) is 11.1 Å². The minimum Gasteiger partial charge on any atom is -0.338 e. The summed E-state index contributed by atoms with van der Waals surface area (Å²) in [4.78, 5) is 16.2. The van der Waals surface area contributed by atoms with E-state index in [4.69, 9.17) is 0 Å². The summed E-state index contributed by atoms with van der Waals surface area (Å²) in [6, 6.07) is 11.4. The maximum Gasteiger partial charge on any atom is 0.416 e. The van der Waals surface area contributed by atoms with Gasteiger partial charge in [0.25, 0.3) is 0 Å². The molecule has 4 nitrogen and oxygen atoms in total. The maximum atomic E-state index is 12.9. The van der Waals surface area contributed by atoms with Crippen LogP contribution < -0.4 is 10.6 Å². The number of halogens is 6. The Hall–Kier alpha value is -3.56. The fraction of sp³-hybridized carbons (Fsp3) is 0.217. The van der Waals surface area contributed by atoms with E-state index in [2.05, 4.69) is 15.6 Å². The summed E-state index contributed by atoms with van der Waals surface area (Å²) in [6.45, 7) is 1.71. The molecule has 174 valence electrons. The van der Waals surface area contributed by atoms with Crippen LogP contribution in [0.4, 0.5) is 36.8 Å². The van der Waals surface area contributed by atoms with Crippen molar-refractivity contribution in [1.82, 2.24) is 10.3 Å². The topological polar surface area (TPSA) is 54.0 Å². The molecule has 0 fully saturated rings. The maximum absolute atomic E-state index is 12.9. The van der Waals surface area contributed by atoms with E-state index >= 15 is 0 Å². The number of urea groups is 1. The summed E-state index contributed by atoms with van der Waals surface area (Å²) < 4.78 is 77.6. The molecule has 2 amide bonds. The summed E-state index contributed by atoms with van der Waals surface area (Å²) in [7, 11) is 0. The van der Waals surface area contributed by atoms with E-state index in [9.17, 15) is 31.1 Å². The van der Waals surface area contributed by atoms with Crippen molar-refractivity contribution < 1.29 is 31.1 Å². The molecule has 0 aliphatic rings. The average molecular weight is 467 g/mol. The van der Waals surface area contributed by atoms with Crippen molar-refractivity contribution in [2.75, 3.05) is 11.9 Å². The molecule has 0 saturated carbocycles. The molecule has 1 heterocycles. The molecule has 0 unspecified atom stereocenters. The van der Waals surface area contributed by atoms with Gasteiger partial charge < -0.3 is 10.6 Å². The first-order valence-electron chi connectivity index (χ1n) is 9.78. The van der Waals surface area contributed by atoms with Crippen LogP contribution in [0.2, 0.25) is 0 Å². The third-order valence-electron chi connectivity index (χ3n) is 4.72. The SMILES string of the molecule is Cc1cc(-c2ccc(NC(=O)NCCc3cc(C(F)(F)F)cc(C(F)(F)F)c3)cc2)ccn1. The number of rotatable bonds is 5. The van der Waals surface area contributed by atoms with Gasteiger partial charge in [-0.25, -0.2) is 4.79 Å². The van der Waals surface area contributed by atoms with Crippen LogP contribution >= 0.6 is 0 Å². The van der Waals surface area contributed by atoms with Gasteiger partial charge in [0.2, 0.25) is 0 Å². The van der Waals surface area contributed by atoms with Gasteiger partial charge in [0, 0.05) is 24.1 Å². The Kier molecular flexibility index (Phi) is 6.95. The van der Waals surface area contributed by atoms with E-state index in [1.807, 2.05) is 19.1 Å². The Labute approximate surface area is 185 Å². The minimum atomic E-state index is -4.91. The van der Waals surface area contributed by atoms with E-state index in [1.165, 1.54) is 0 Å². The molecule has 33 heavy (non-hydrogen) atoms. The largest absolute Gasteiger partial charge is 0.416 e. The standard InChI is InChI=1S/C23H19F6N3O/c1-14-10-17(7-9-30-14)16-2-4-20(5-3-16)32-21(33)31-8-6-15-11-18(22(24,25)26)13-19(12-15)23(27,28)29/h2-5,7,9-13H,6,8H2,1H3,(H2,31,32,33). The zero-order valence-corrected chi connectivity index (χ0v) is 17.3. The van der Waals surface area contributed by atoms with Crippen molar-refractivity contribution in [2.45, 2.75) is 25.7 Å². The second-order valence-corrected chi connectivity index (χ2v) is 7.31. The summed E-state index contributed by atoms with van der Waals surface area (Å²) in [5.41, 5.74) is 0.240. The van der Waals surface area contributed by atoms with E-state index in [0.717, 1.165) is 16.8 Å². The smallest absolute Gasteiger partial charge is 0.338 e.